The highest BCUT2D eigenvalue weighted by Gasteiger charge is 2.30. The number of methoxy groups -OCH3 is 1. The summed E-state index contributed by atoms with van der Waals surface area (Å²) in [6.45, 7) is 2.57. The molecule has 1 fully saturated rings. The van der Waals surface area contributed by atoms with E-state index in [9.17, 15) is 18.0 Å². The number of ether oxygens (including phenoxy) is 1. The Bertz CT molecular complexity index is 821. The molecular formula is C20H21F3N2O2S. The maximum absolute atomic E-state index is 12.8. The van der Waals surface area contributed by atoms with Crippen LogP contribution in [0.1, 0.15) is 5.56 Å². The SMILES string of the molecule is COc1cccc(N2CCN(C(=O)CSc3cccc(C(F)(F)F)c3)CC2)c1. The Balaban J connectivity index is 1.51. The second-order valence-corrected chi connectivity index (χ2v) is 7.43. The monoisotopic (exact) mass is 410 g/mol. The lowest BCUT2D eigenvalue weighted by Gasteiger charge is -2.36. The first-order valence-electron chi connectivity index (χ1n) is 8.83. The zero-order valence-corrected chi connectivity index (χ0v) is 16.2. The van der Waals surface area contributed by atoms with Crippen molar-refractivity contribution in [1.29, 1.82) is 0 Å². The van der Waals surface area contributed by atoms with Gasteiger partial charge in [0.1, 0.15) is 5.75 Å². The van der Waals surface area contributed by atoms with E-state index in [1.54, 1.807) is 18.1 Å². The number of hydrogen-bond donors (Lipinski definition) is 0. The lowest BCUT2D eigenvalue weighted by molar-refractivity contribution is -0.137. The smallest absolute Gasteiger partial charge is 0.416 e. The van der Waals surface area contributed by atoms with Gasteiger partial charge in [0, 0.05) is 42.8 Å². The average Bonchev–Trinajstić information content (AvgIpc) is 2.72. The Hall–Kier alpha value is -2.35. The van der Waals surface area contributed by atoms with Crippen molar-refractivity contribution < 1.29 is 22.7 Å². The molecule has 1 heterocycles. The molecule has 3 rings (SSSR count). The van der Waals surface area contributed by atoms with E-state index in [0.717, 1.165) is 35.3 Å². The van der Waals surface area contributed by atoms with Crippen molar-refractivity contribution in [3.63, 3.8) is 0 Å². The van der Waals surface area contributed by atoms with Crippen LogP contribution in [0.25, 0.3) is 0 Å². The van der Waals surface area contributed by atoms with Gasteiger partial charge in [0.2, 0.25) is 5.91 Å². The van der Waals surface area contributed by atoms with Gasteiger partial charge < -0.3 is 14.5 Å². The Morgan fingerprint density at radius 3 is 2.46 bits per heavy atom. The molecular weight excluding hydrogens is 389 g/mol. The van der Waals surface area contributed by atoms with Gasteiger partial charge in [0.15, 0.2) is 0 Å². The van der Waals surface area contributed by atoms with Crippen molar-refractivity contribution in [2.24, 2.45) is 0 Å². The first-order chi connectivity index (χ1) is 13.4. The molecule has 0 bridgehead atoms. The van der Waals surface area contributed by atoms with Crippen LogP contribution in [-0.4, -0.2) is 49.8 Å². The number of hydrogen-bond acceptors (Lipinski definition) is 4. The molecule has 8 heteroatoms. The Morgan fingerprint density at radius 1 is 1.07 bits per heavy atom. The van der Waals surface area contributed by atoms with Crippen LogP contribution in [0.3, 0.4) is 0 Å². The molecule has 0 atom stereocenters. The van der Waals surface area contributed by atoms with E-state index in [1.807, 2.05) is 24.3 Å². The summed E-state index contributed by atoms with van der Waals surface area (Å²) in [6, 6.07) is 12.8. The molecule has 0 spiro atoms. The second kappa shape index (κ2) is 8.77. The van der Waals surface area contributed by atoms with Crippen LogP contribution in [0.15, 0.2) is 53.4 Å². The van der Waals surface area contributed by atoms with E-state index >= 15 is 0 Å². The zero-order chi connectivity index (χ0) is 20.1. The summed E-state index contributed by atoms with van der Waals surface area (Å²) in [6.07, 6.45) is -4.38. The van der Waals surface area contributed by atoms with Crippen molar-refractivity contribution in [3.8, 4) is 5.75 Å². The summed E-state index contributed by atoms with van der Waals surface area (Å²) in [5, 5.41) is 0. The van der Waals surface area contributed by atoms with Gasteiger partial charge in [0.05, 0.1) is 18.4 Å². The summed E-state index contributed by atoms with van der Waals surface area (Å²) >= 11 is 1.13. The third kappa shape index (κ3) is 5.13. The lowest BCUT2D eigenvalue weighted by atomic mass is 10.2. The zero-order valence-electron chi connectivity index (χ0n) is 15.4. The molecule has 1 aliphatic heterocycles. The van der Waals surface area contributed by atoms with Gasteiger partial charge in [-0.1, -0.05) is 12.1 Å². The number of alkyl halides is 3. The summed E-state index contributed by atoms with van der Waals surface area (Å²) in [5.74, 6) is 0.849. The fourth-order valence-corrected chi connectivity index (χ4v) is 3.88. The van der Waals surface area contributed by atoms with Crippen LogP contribution in [0.5, 0.6) is 5.75 Å². The number of thioether (sulfide) groups is 1. The number of halogens is 3. The quantitative estimate of drug-likeness (QED) is 0.694. The van der Waals surface area contributed by atoms with E-state index in [4.69, 9.17) is 4.74 Å². The Morgan fingerprint density at radius 2 is 1.79 bits per heavy atom. The van der Waals surface area contributed by atoms with E-state index in [2.05, 4.69) is 4.90 Å². The summed E-state index contributed by atoms with van der Waals surface area (Å²) in [7, 11) is 1.62. The van der Waals surface area contributed by atoms with Gasteiger partial charge in [-0.15, -0.1) is 11.8 Å². The molecule has 0 N–H and O–H groups in total. The minimum Gasteiger partial charge on any atom is -0.497 e. The van der Waals surface area contributed by atoms with Gasteiger partial charge in [-0.3, -0.25) is 4.79 Å². The Labute approximate surface area is 166 Å². The van der Waals surface area contributed by atoms with Crippen LogP contribution < -0.4 is 9.64 Å². The highest BCUT2D eigenvalue weighted by atomic mass is 32.2. The van der Waals surface area contributed by atoms with E-state index in [-0.39, 0.29) is 11.7 Å². The molecule has 1 amide bonds. The van der Waals surface area contributed by atoms with Crippen molar-refractivity contribution in [1.82, 2.24) is 4.90 Å². The second-order valence-electron chi connectivity index (χ2n) is 6.38. The first-order valence-corrected chi connectivity index (χ1v) is 9.82. The molecule has 0 radical (unpaired) electrons. The maximum atomic E-state index is 12.8. The van der Waals surface area contributed by atoms with Gasteiger partial charge in [0.25, 0.3) is 0 Å². The predicted octanol–water partition coefficient (Wildman–Crippen LogP) is 4.15. The number of benzene rings is 2. The molecule has 0 aliphatic carbocycles. The van der Waals surface area contributed by atoms with E-state index in [0.29, 0.717) is 31.1 Å². The molecule has 0 saturated carbocycles. The van der Waals surface area contributed by atoms with Crippen LogP contribution in [0.4, 0.5) is 18.9 Å². The molecule has 1 saturated heterocycles. The van der Waals surface area contributed by atoms with Gasteiger partial charge in [-0.05, 0) is 30.3 Å². The number of anilines is 1. The predicted molar refractivity (Wildman–Crippen MR) is 104 cm³/mol. The van der Waals surface area contributed by atoms with E-state index < -0.39 is 11.7 Å². The molecule has 1 aliphatic rings. The van der Waals surface area contributed by atoms with Crippen LogP contribution in [-0.2, 0) is 11.0 Å². The standard InChI is InChI=1S/C20H21F3N2O2S/c1-27-17-6-3-5-16(13-17)24-8-10-25(11-9-24)19(26)14-28-18-7-2-4-15(12-18)20(21,22)23/h2-7,12-13H,8-11,14H2,1H3. The molecule has 4 nitrogen and oxygen atoms in total. The van der Waals surface area contributed by atoms with Gasteiger partial charge in [-0.2, -0.15) is 13.2 Å². The lowest BCUT2D eigenvalue weighted by Crippen LogP contribution is -2.49. The number of piperazine rings is 1. The van der Waals surface area contributed by atoms with Gasteiger partial charge >= 0.3 is 6.18 Å². The highest BCUT2D eigenvalue weighted by molar-refractivity contribution is 8.00. The maximum Gasteiger partial charge on any atom is 0.416 e. The summed E-state index contributed by atoms with van der Waals surface area (Å²) < 4.78 is 43.6. The van der Waals surface area contributed by atoms with Crippen molar-refractivity contribution in [2.45, 2.75) is 11.1 Å². The fourth-order valence-electron chi connectivity index (χ4n) is 3.02. The third-order valence-electron chi connectivity index (χ3n) is 4.57. The van der Waals surface area contributed by atoms with Gasteiger partial charge in [-0.25, -0.2) is 0 Å². The third-order valence-corrected chi connectivity index (χ3v) is 5.55. The van der Waals surface area contributed by atoms with Crippen molar-refractivity contribution in [2.75, 3.05) is 43.9 Å². The fraction of sp³-hybridized carbons (Fsp3) is 0.350. The number of nitrogens with zero attached hydrogens (tertiary/aromatic N) is 2. The number of rotatable bonds is 5. The molecule has 0 aromatic heterocycles. The topological polar surface area (TPSA) is 32.8 Å². The normalized spacial score (nSPS) is 14.9. The average molecular weight is 410 g/mol. The molecule has 0 unspecified atom stereocenters. The van der Waals surface area contributed by atoms with Crippen LogP contribution in [0, 0.1) is 0 Å². The first kappa shape index (κ1) is 20.4. The minimum absolute atomic E-state index is 0.0623. The molecule has 2 aromatic rings. The highest BCUT2D eigenvalue weighted by Crippen LogP contribution is 2.32. The van der Waals surface area contributed by atoms with E-state index in [1.165, 1.54) is 6.07 Å². The summed E-state index contributed by atoms with van der Waals surface area (Å²) in [5.41, 5.74) is 0.349. The number of carbonyl (C=O) groups excluding carboxylic acids is 1. The summed E-state index contributed by atoms with van der Waals surface area (Å²) in [4.78, 5) is 16.8. The van der Waals surface area contributed by atoms with Crippen molar-refractivity contribution in [3.05, 3.63) is 54.1 Å². The minimum atomic E-state index is -4.38. The number of carbonyl (C=O) groups is 1. The van der Waals surface area contributed by atoms with Crippen LogP contribution in [0.2, 0.25) is 0 Å². The molecule has 28 heavy (non-hydrogen) atoms. The molecule has 2 aromatic carbocycles. The van der Waals surface area contributed by atoms with Crippen LogP contribution >= 0.6 is 11.8 Å². The Kier molecular flexibility index (Phi) is 6.39. The number of amides is 1. The largest absolute Gasteiger partial charge is 0.497 e. The molecule has 150 valence electrons. The van der Waals surface area contributed by atoms with Crippen molar-refractivity contribution >= 4 is 23.4 Å².